The van der Waals surface area contributed by atoms with E-state index in [0.29, 0.717) is 5.56 Å². The van der Waals surface area contributed by atoms with Crippen LogP contribution in [0.1, 0.15) is 35.2 Å². The number of primary amides is 1. The number of amides is 1. The minimum absolute atomic E-state index is 0.358. The maximum Gasteiger partial charge on any atom is 0.248 e. The van der Waals surface area contributed by atoms with Gasteiger partial charge in [0.1, 0.15) is 0 Å². The summed E-state index contributed by atoms with van der Waals surface area (Å²) < 4.78 is 0. The largest absolute Gasteiger partial charge is 0.385 e. The molecule has 0 saturated heterocycles. The number of carbonyl (C=O) groups excluding carboxylic acids is 1. The second-order valence-corrected chi connectivity index (χ2v) is 4.57. The van der Waals surface area contributed by atoms with Crippen molar-refractivity contribution in [2.45, 2.75) is 26.2 Å². The van der Waals surface area contributed by atoms with Crippen molar-refractivity contribution in [3.05, 3.63) is 29.3 Å². The molecule has 3 heteroatoms. The third-order valence-electron chi connectivity index (χ3n) is 3.31. The van der Waals surface area contributed by atoms with Gasteiger partial charge in [0.15, 0.2) is 0 Å². The molecular formula is C13H18N2O. The van der Waals surface area contributed by atoms with Crippen molar-refractivity contribution in [3.63, 3.8) is 0 Å². The second-order valence-electron chi connectivity index (χ2n) is 4.57. The van der Waals surface area contributed by atoms with Gasteiger partial charge in [0, 0.05) is 17.8 Å². The average Bonchev–Trinajstić information content (AvgIpc) is 2.14. The highest BCUT2D eigenvalue weighted by Crippen LogP contribution is 2.26. The van der Waals surface area contributed by atoms with Gasteiger partial charge in [-0.05, 0) is 49.4 Å². The first-order chi connectivity index (χ1) is 7.66. The van der Waals surface area contributed by atoms with Crippen LogP contribution in [0.5, 0.6) is 0 Å². The molecule has 0 unspecified atom stereocenters. The third-order valence-corrected chi connectivity index (χ3v) is 3.31. The highest BCUT2D eigenvalue weighted by Gasteiger charge is 2.16. The lowest BCUT2D eigenvalue weighted by molar-refractivity contribution is 0.1000. The van der Waals surface area contributed by atoms with Gasteiger partial charge in [-0.25, -0.2) is 0 Å². The van der Waals surface area contributed by atoms with E-state index in [1.54, 1.807) is 6.07 Å². The van der Waals surface area contributed by atoms with E-state index in [9.17, 15) is 4.79 Å². The minimum Gasteiger partial charge on any atom is -0.385 e. The molecular weight excluding hydrogens is 200 g/mol. The Kier molecular flexibility index (Phi) is 3.13. The van der Waals surface area contributed by atoms with Crippen molar-refractivity contribution in [3.8, 4) is 0 Å². The SMILES string of the molecule is Cc1cc(NCC2CCC2)ccc1C(N)=O. The number of hydrogen-bond acceptors (Lipinski definition) is 2. The number of hydrogen-bond donors (Lipinski definition) is 2. The maximum atomic E-state index is 11.1. The molecule has 16 heavy (non-hydrogen) atoms. The van der Waals surface area contributed by atoms with Crippen molar-refractivity contribution in [1.29, 1.82) is 0 Å². The number of rotatable bonds is 4. The summed E-state index contributed by atoms with van der Waals surface area (Å²) >= 11 is 0. The minimum atomic E-state index is -0.358. The maximum absolute atomic E-state index is 11.1. The Morgan fingerprint density at radius 3 is 2.75 bits per heavy atom. The molecule has 0 aromatic heterocycles. The Morgan fingerprint density at radius 2 is 2.25 bits per heavy atom. The Bertz CT molecular complexity index is 397. The Balaban J connectivity index is 1.99. The number of aryl methyl sites for hydroxylation is 1. The topological polar surface area (TPSA) is 55.1 Å². The molecule has 1 fully saturated rings. The first kappa shape index (κ1) is 11.0. The van der Waals surface area contributed by atoms with Crippen LogP contribution in [0.4, 0.5) is 5.69 Å². The zero-order valence-corrected chi connectivity index (χ0v) is 9.62. The van der Waals surface area contributed by atoms with Crippen molar-refractivity contribution in [2.24, 2.45) is 11.7 Å². The van der Waals surface area contributed by atoms with Crippen molar-refractivity contribution in [2.75, 3.05) is 11.9 Å². The van der Waals surface area contributed by atoms with E-state index in [-0.39, 0.29) is 5.91 Å². The lowest BCUT2D eigenvalue weighted by Gasteiger charge is -2.26. The van der Waals surface area contributed by atoms with Gasteiger partial charge < -0.3 is 11.1 Å². The highest BCUT2D eigenvalue weighted by molar-refractivity contribution is 5.94. The smallest absolute Gasteiger partial charge is 0.248 e. The molecule has 0 atom stereocenters. The highest BCUT2D eigenvalue weighted by atomic mass is 16.1. The van der Waals surface area contributed by atoms with Crippen LogP contribution in [0.25, 0.3) is 0 Å². The van der Waals surface area contributed by atoms with Gasteiger partial charge in [0.05, 0.1) is 0 Å². The molecule has 1 amide bonds. The van der Waals surface area contributed by atoms with Crippen molar-refractivity contribution in [1.82, 2.24) is 0 Å². The molecule has 86 valence electrons. The summed E-state index contributed by atoms with van der Waals surface area (Å²) in [4.78, 5) is 11.1. The molecule has 0 radical (unpaired) electrons. The number of benzene rings is 1. The Hall–Kier alpha value is -1.51. The van der Waals surface area contributed by atoms with Crippen LogP contribution in [0, 0.1) is 12.8 Å². The molecule has 0 bridgehead atoms. The van der Waals surface area contributed by atoms with Gasteiger partial charge in [-0.2, -0.15) is 0 Å². The Morgan fingerprint density at radius 1 is 1.50 bits per heavy atom. The molecule has 1 saturated carbocycles. The summed E-state index contributed by atoms with van der Waals surface area (Å²) in [6.45, 7) is 2.95. The summed E-state index contributed by atoms with van der Waals surface area (Å²) in [5.74, 6) is 0.471. The van der Waals surface area contributed by atoms with Crippen LogP contribution in [-0.4, -0.2) is 12.5 Å². The van der Waals surface area contributed by atoms with Crippen LogP contribution in [0.2, 0.25) is 0 Å². The number of anilines is 1. The van der Waals surface area contributed by atoms with E-state index in [0.717, 1.165) is 23.7 Å². The molecule has 3 N–H and O–H groups in total. The van der Waals surface area contributed by atoms with Gasteiger partial charge in [-0.1, -0.05) is 6.42 Å². The molecule has 0 spiro atoms. The fraction of sp³-hybridized carbons (Fsp3) is 0.462. The van der Waals surface area contributed by atoms with E-state index >= 15 is 0 Å². The van der Waals surface area contributed by atoms with Gasteiger partial charge in [0.25, 0.3) is 0 Å². The van der Waals surface area contributed by atoms with Gasteiger partial charge in [-0.15, -0.1) is 0 Å². The fourth-order valence-corrected chi connectivity index (χ4v) is 2.01. The normalized spacial score (nSPS) is 15.6. The van der Waals surface area contributed by atoms with Gasteiger partial charge >= 0.3 is 0 Å². The first-order valence-corrected chi connectivity index (χ1v) is 5.81. The van der Waals surface area contributed by atoms with E-state index in [1.165, 1.54) is 19.3 Å². The average molecular weight is 218 g/mol. The van der Waals surface area contributed by atoms with Crippen LogP contribution in [0.15, 0.2) is 18.2 Å². The van der Waals surface area contributed by atoms with Crippen LogP contribution in [0.3, 0.4) is 0 Å². The first-order valence-electron chi connectivity index (χ1n) is 5.81. The molecule has 1 aromatic rings. The van der Waals surface area contributed by atoms with Gasteiger partial charge in [0.2, 0.25) is 5.91 Å². The summed E-state index contributed by atoms with van der Waals surface area (Å²) in [6, 6.07) is 5.70. The van der Waals surface area contributed by atoms with E-state index in [2.05, 4.69) is 5.32 Å². The molecule has 2 rings (SSSR count). The van der Waals surface area contributed by atoms with Crippen LogP contribution < -0.4 is 11.1 Å². The van der Waals surface area contributed by atoms with Crippen molar-refractivity contribution >= 4 is 11.6 Å². The third kappa shape index (κ3) is 2.35. The molecule has 1 aromatic carbocycles. The second kappa shape index (κ2) is 4.56. The fourth-order valence-electron chi connectivity index (χ4n) is 2.01. The van der Waals surface area contributed by atoms with E-state index in [1.807, 2.05) is 19.1 Å². The molecule has 0 heterocycles. The lowest BCUT2D eigenvalue weighted by atomic mass is 9.85. The summed E-state index contributed by atoms with van der Waals surface area (Å²) in [5, 5.41) is 3.40. The summed E-state index contributed by atoms with van der Waals surface area (Å²) in [7, 11) is 0. The van der Waals surface area contributed by atoms with E-state index in [4.69, 9.17) is 5.73 Å². The number of carbonyl (C=O) groups is 1. The zero-order chi connectivity index (χ0) is 11.5. The van der Waals surface area contributed by atoms with E-state index < -0.39 is 0 Å². The predicted molar refractivity (Wildman–Crippen MR) is 65.5 cm³/mol. The number of nitrogens with two attached hydrogens (primary N) is 1. The zero-order valence-electron chi connectivity index (χ0n) is 9.62. The molecule has 1 aliphatic rings. The Labute approximate surface area is 96.0 Å². The molecule has 0 aliphatic heterocycles. The monoisotopic (exact) mass is 218 g/mol. The molecule has 3 nitrogen and oxygen atoms in total. The standard InChI is InChI=1S/C13H18N2O/c1-9-7-11(5-6-12(9)13(14)16)15-8-10-3-2-4-10/h5-7,10,15H,2-4,8H2,1H3,(H2,14,16). The van der Waals surface area contributed by atoms with Crippen LogP contribution >= 0.6 is 0 Å². The van der Waals surface area contributed by atoms with Gasteiger partial charge in [-0.3, -0.25) is 4.79 Å². The molecule has 1 aliphatic carbocycles. The van der Waals surface area contributed by atoms with Crippen molar-refractivity contribution < 1.29 is 4.79 Å². The quantitative estimate of drug-likeness (QED) is 0.814. The number of nitrogens with one attached hydrogen (secondary N) is 1. The lowest BCUT2D eigenvalue weighted by Crippen LogP contribution is -2.21. The predicted octanol–water partition coefficient (Wildman–Crippen LogP) is 2.31. The van der Waals surface area contributed by atoms with Crippen LogP contribution in [-0.2, 0) is 0 Å². The summed E-state index contributed by atoms with van der Waals surface area (Å²) in [6.07, 6.45) is 4.04. The summed E-state index contributed by atoms with van der Waals surface area (Å²) in [5.41, 5.74) is 7.88.